The van der Waals surface area contributed by atoms with E-state index < -0.39 is 36.4 Å². The molecule has 0 aliphatic heterocycles. The van der Waals surface area contributed by atoms with Crippen molar-refractivity contribution in [3.05, 3.63) is 0 Å². The molecule has 0 aromatic heterocycles. The van der Waals surface area contributed by atoms with E-state index in [2.05, 4.69) is 9.47 Å². The molecule has 0 saturated carbocycles. The molecule has 0 aliphatic rings. The lowest BCUT2D eigenvalue weighted by Crippen LogP contribution is -2.37. The fourth-order valence-electron chi connectivity index (χ4n) is 0.948. The fraction of sp³-hybridized carbons (Fsp3) is 0.625. The van der Waals surface area contributed by atoms with E-state index in [9.17, 15) is 19.5 Å². The van der Waals surface area contributed by atoms with E-state index in [1.807, 2.05) is 0 Å². The van der Waals surface area contributed by atoms with Gasteiger partial charge >= 0.3 is 17.9 Å². The average molecular weight is 220 g/mol. The molecule has 0 aliphatic carbocycles. The number of hydrogen-bond acceptors (Lipinski definition) is 6. The SMILES string of the molecule is COC(=O)[C@@H](CC(=O)O)[C@@H](O)C(=O)OC. The molecule has 7 heteroatoms. The van der Waals surface area contributed by atoms with Crippen LogP contribution in [-0.4, -0.2) is 48.4 Å². The van der Waals surface area contributed by atoms with Crippen LogP contribution in [0.1, 0.15) is 6.42 Å². The molecule has 7 nitrogen and oxygen atoms in total. The summed E-state index contributed by atoms with van der Waals surface area (Å²) in [6.45, 7) is 0. The maximum atomic E-state index is 11.1. The van der Waals surface area contributed by atoms with Gasteiger partial charge in [-0.25, -0.2) is 4.79 Å². The maximum absolute atomic E-state index is 11.1. The van der Waals surface area contributed by atoms with Crippen LogP contribution < -0.4 is 0 Å². The second kappa shape index (κ2) is 5.97. The van der Waals surface area contributed by atoms with Crippen molar-refractivity contribution in [3.8, 4) is 0 Å². The van der Waals surface area contributed by atoms with Crippen LogP contribution in [0.25, 0.3) is 0 Å². The van der Waals surface area contributed by atoms with E-state index in [1.165, 1.54) is 0 Å². The van der Waals surface area contributed by atoms with Crippen LogP contribution in [0.3, 0.4) is 0 Å². The minimum atomic E-state index is -1.83. The molecule has 2 N–H and O–H groups in total. The Kier molecular flexibility index (Phi) is 5.32. The van der Waals surface area contributed by atoms with Crippen LogP contribution in [0.5, 0.6) is 0 Å². The third-order valence-corrected chi connectivity index (χ3v) is 1.72. The number of carbonyl (C=O) groups is 3. The predicted molar refractivity (Wildman–Crippen MR) is 45.8 cm³/mol. The Morgan fingerprint density at radius 1 is 1.13 bits per heavy atom. The van der Waals surface area contributed by atoms with Crippen LogP contribution in [0.4, 0.5) is 0 Å². The number of ether oxygens (including phenoxy) is 2. The van der Waals surface area contributed by atoms with E-state index in [1.54, 1.807) is 0 Å². The molecule has 2 atom stereocenters. The van der Waals surface area contributed by atoms with Gasteiger partial charge in [0.2, 0.25) is 0 Å². The number of carbonyl (C=O) groups excluding carboxylic acids is 2. The van der Waals surface area contributed by atoms with Gasteiger partial charge in [-0.2, -0.15) is 0 Å². The first-order chi connectivity index (χ1) is 6.93. The smallest absolute Gasteiger partial charge is 0.335 e. The molecule has 0 amide bonds. The number of aliphatic hydroxyl groups is 1. The monoisotopic (exact) mass is 220 g/mol. The van der Waals surface area contributed by atoms with Crippen LogP contribution in [0.15, 0.2) is 0 Å². The quantitative estimate of drug-likeness (QED) is 0.559. The summed E-state index contributed by atoms with van der Waals surface area (Å²) in [6.07, 6.45) is -2.54. The lowest BCUT2D eigenvalue weighted by atomic mass is 9.99. The summed E-state index contributed by atoms with van der Waals surface area (Å²) in [6, 6.07) is 0. The van der Waals surface area contributed by atoms with Crippen molar-refractivity contribution in [2.75, 3.05) is 14.2 Å². The first kappa shape index (κ1) is 13.4. The van der Waals surface area contributed by atoms with Crippen molar-refractivity contribution in [1.82, 2.24) is 0 Å². The zero-order valence-electron chi connectivity index (χ0n) is 8.30. The molecule has 0 aromatic carbocycles. The normalized spacial score (nSPS) is 13.8. The molecule has 0 heterocycles. The van der Waals surface area contributed by atoms with Crippen molar-refractivity contribution in [2.45, 2.75) is 12.5 Å². The molecule has 86 valence electrons. The number of aliphatic hydroxyl groups excluding tert-OH is 1. The lowest BCUT2D eigenvalue weighted by Gasteiger charge is -2.16. The Bertz CT molecular complexity index is 260. The van der Waals surface area contributed by atoms with Crippen LogP contribution in [-0.2, 0) is 23.9 Å². The average Bonchev–Trinajstić information content (AvgIpc) is 2.22. The number of esters is 2. The zero-order valence-corrected chi connectivity index (χ0v) is 8.30. The summed E-state index contributed by atoms with van der Waals surface area (Å²) in [7, 11) is 2.04. The number of carboxylic acid groups (broad SMARTS) is 1. The summed E-state index contributed by atoms with van der Waals surface area (Å²) >= 11 is 0. The van der Waals surface area contributed by atoms with E-state index in [0.29, 0.717) is 0 Å². The number of hydrogen-bond donors (Lipinski definition) is 2. The van der Waals surface area contributed by atoms with Gasteiger partial charge < -0.3 is 19.7 Å². The first-order valence-corrected chi connectivity index (χ1v) is 3.99. The summed E-state index contributed by atoms with van der Waals surface area (Å²) in [5.74, 6) is -4.84. The highest BCUT2D eigenvalue weighted by atomic mass is 16.5. The molecule has 0 unspecified atom stereocenters. The number of methoxy groups -OCH3 is 2. The molecule has 0 fully saturated rings. The Morgan fingerprint density at radius 2 is 1.60 bits per heavy atom. The zero-order chi connectivity index (χ0) is 12.0. The highest BCUT2D eigenvalue weighted by molar-refractivity contribution is 5.86. The summed E-state index contributed by atoms with van der Waals surface area (Å²) < 4.78 is 8.44. The molecule has 0 rings (SSSR count). The van der Waals surface area contributed by atoms with Gasteiger partial charge in [-0.05, 0) is 0 Å². The molecule has 0 spiro atoms. The van der Waals surface area contributed by atoms with Gasteiger partial charge in [0.05, 0.1) is 20.6 Å². The largest absolute Gasteiger partial charge is 0.481 e. The third kappa shape index (κ3) is 3.94. The Morgan fingerprint density at radius 3 is 1.93 bits per heavy atom. The van der Waals surface area contributed by atoms with E-state index >= 15 is 0 Å². The first-order valence-electron chi connectivity index (χ1n) is 3.99. The van der Waals surface area contributed by atoms with Gasteiger partial charge in [0.15, 0.2) is 6.10 Å². The van der Waals surface area contributed by atoms with Crippen molar-refractivity contribution in [1.29, 1.82) is 0 Å². The molecule has 0 bridgehead atoms. The van der Waals surface area contributed by atoms with Crippen LogP contribution >= 0.6 is 0 Å². The highest BCUT2D eigenvalue weighted by Gasteiger charge is 2.35. The summed E-state index contributed by atoms with van der Waals surface area (Å²) in [5.41, 5.74) is 0. The van der Waals surface area contributed by atoms with Gasteiger partial charge in [0, 0.05) is 0 Å². The molecule has 15 heavy (non-hydrogen) atoms. The second-order valence-corrected chi connectivity index (χ2v) is 2.70. The molecular formula is C8H12O7. The summed E-state index contributed by atoms with van der Waals surface area (Å²) in [4.78, 5) is 32.3. The van der Waals surface area contributed by atoms with E-state index in [-0.39, 0.29) is 0 Å². The van der Waals surface area contributed by atoms with E-state index in [0.717, 1.165) is 14.2 Å². The van der Waals surface area contributed by atoms with Gasteiger partial charge in [-0.15, -0.1) is 0 Å². The van der Waals surface area contributed by atoms with Crippen molar-refractivity contribution in [2.24, 2.45) is 5.92 Å². The van der Waals surface area contributed by atoms with Gasteiger partial charge in [0.1, 0.15) is 5.92 Å². The van der Waals surface area contributed by atoms with Crippen LogP contribution in [0, 0.1) is 5.92 Å². The standard InChI is InChI=1S/C8H12O7/c1-14-7(12)4(3-5(9)10)6(11)8(13)15-2/h4,6,11H,3H2,1-2H3,(H,9,10)/t4-,6+/m0/s1. The number of rotatable bonds is 5. The predicted octanol–water partition coefficient (Wildman–Crippen LogP) is -1.22. The molecule has 0 aromatic rings. The Hall–Kier alpha value is -1.63. The highest BCUT2D eigenvalue weighted by Crippen LogP contribution is 2.12. The van der Waals surface area contributed by atoms with Crippen molar-refractivity contribution in [3.63, 3.8) is 0 Å². The third-order valence-electron chi connectivity index (χ3n) is 1.72. The minimum Gasteiger partial charge on any atom is -0.481 e. The summed E-state index contributed by atoms with van der Waals surface area (Å²) in [5, 5.41) is 17.7. The Balaban J connectivity index is 4.68. The van der Waals surface area contributed by atoms with Crippen molar-refractivity contribution >= 4 is 17.9 Å². The maximum Gasteiger partial charge on any atom is 0.335 e. The Labute approximate surface area is 85.6 Å². The van der Waals surface area contributed by atoms with Gasteiger partial charge in [-0.1, -0.05) is 0 Å². The minimum absolute atomic E-state index is 0.705. The van der Waals surface area contributed by atoms with E-state index in [4.69, 9.17) is 5.11 Å². The topological polar surface area (TPSA) is 110 Å². The molecule has 0 radical (unpaired) electrons. The van der Waals surface area contributed by atoms with Crippen LogP contribution in [0.2, 0.25) is 0 Å². The fourth-order valence-corrected chi connectivity index (χ4v) is 0.948. The number of carboxylic acids is 1. The van der Waals surface area contributed by atoms with Crippen molar-refractivity contribution < 1.29 is 34.1 Å². The lowest BCUT2D eigenvalue weighted by molar-refractivity contribution is -0.165. The van der Waals surface area contributed by atoms with Gasteiger partial charge in [-0.3, -0.25) is 9.59 Å². The molecule has 0 saturated heterocycles. The van der Waals surface area contributed by atoms with Gasteiger partial charge in [0.25, 0.3) is 0 Å². The molecular weight excluding hydrogens is 208 g/mol. The number of aliphatic carboxylic acids is 1. The second-order valence-electron chi connectivity index (χ2n) is 2.70.